The molecule has 0 saturated heterocycles. The van der Waals surface area contributed by atoms with Gasteiger partial charge < -0.3 is 5.32 Å². The molecule has 0 bridgehead atoms. The van der Waals surface area contributed by atoms with Gasteiger partial charge in [-0.2, -0.15) is 5.10 Å². The fourth-order valence-corrected chi connectivity index (χ4v) is 4.40. The van der Waals surface area contributed by atoms with Crippen molar-refractivity contribution in [3.63, 3.8) is 0 Å². The van der Waals surface area contributed by atoms with Gasteiger partial charge in [0.25, 0.3) is 0 Å². The lowest BCUT2D eigenvalue weighted by Gasteiger charge is -2.08. The average Bonchev–Trinajstić information content (AvgIpc) is 3.31. The second-order valence-corrected chi connectivity index (χ2v) is 7.91. The van der Waals surface area contributed by atoms with Gasteiger partial charge in [-0.25, -0.2) is 9.50 Å². The fourth-order valence-electron chi connectivity index (χ4n) is 3.46. The molecule has 0 fully saturated rings. The Morgan fingerprint density at radius 1 is 1.03 bits per heavy atom. The Balaban J connectivity index is 1.32. The summed E-state index contributed by atoms with van der Waals surface area (Å²) in [6, 6.07) is 22.0. The molecule has 0 unspecified atom stereocenters. The van der Waals surface area contributed by atoms with Crippen molar-refractivity contribution in [1.82, 2.24) is 14.6 Å². The molecule has 5 nitrogen and oxygen atoms in total. The van der Waals surface area contributed by atoms with Gasteiger partial charge in [-0.15, -0.1) is 0 Å². The Kier molecular flexibility index (Phi) is 4.33. The first kappa shape index (κ1) is 17.6. The molecule has 2 aromatic heterocycles. The molecular formula is C23H18N4OS. The van der Waals surface area contributed by atoms with Gasteiger partial charge in [0.05, 0.1) is 12.6 Å². The highest BCUT2D eigenvalue weighted by Gasteiger charge is 2.10. The maximum Gasteiger partial charge on any atom is 0.228 e. The first-order chi connectivity index (χ1) is 14.2. The SMILES string of the molecule is Cc1ncc2sc(-c3ccc(NC(=O)Cc4cccc5ccccc45)cc3)nn12. The van der Waals surface area contributed by atoms with Crippen LogP contribution in [-0.4, -0.2) is 20.5 Å². The number of nitrogens with one attached hydrogen (secondary N) is 1. The monoisotopic (exact) mass is 398 g/mol. The zero-order valence-electron chi connectivity index (χ0n) is 15.8. The molecule has 6 heteroatoms. The molecule has 1 amide bonds. The van der Waals surface area contributed by atoms with Crippen LogP contribution in [0.15, 0.2) is 72.9 Å². The van der Waals surface area contributed by atoms with Crippen LogP contribution < -0.4 is 5.32 Å². The standard InChI is InChI=1S/C23H18N4OS/c1-15-24-14-22-27(15)26-23(29-22)17-9-11-19(12-10-17)25-21(28)13-18-7-4-6-16-5-2-3-8-20(16)18/h2-12,14H,13H2,1H3,(H,25,28). The van der Waals surface area contributed by atoms with Crippen molar-refractivity contribution < 1.29 is 4.79 Å². The van der Waals surface area contributed by atoms with Gasteiger partial charge in [0.2, 0.25) is 5.91 Å². The van der Waals surface area contributed by atoms with Crippen LogP contribution in [0, 0.1) is 6.92 Å². The van der Waals surface area contributed by atoms with Gasteiger partial charge in [0, 0.05) is 11.3 Å². The second-order valence-electron chi connectivity index (χ2n) is 6.90. The molecule has 2 heterocycles. The van der Waals surface area contributed by atoms with E-state index in [1.807, 2.05) is 66.2 Å². The number of benzene rings is 3. The largest absolute Gasteiger partial charge is 0.326 e. The van der Waals surface area contributed by atoms with Crippen LogP contribution in [0.4, 0.5) is 5.69 Å². The van der Waals surface area contributed by atoms with E-state index < -0.39 is 0 Å². The van der Waals surface area contributed by atoms with E-state index in [1.165, 1.54) is 0 Å². The van der Waals surface area contributed by atoms with E-state index in [0.717, 1.165) is 43.2 Å². The number of anilines is 1. The first-order valence-corrected chi connectivity index (χ1v) is 10.2. The predicted molar refractivity (Wildman–Crippen MR) is 117 cm³/mol. The van der Waals surface area contributed by atoms with Crippen molar-refractivity contribution in [2.24, 2.45) is 0 Å². The molecule has 5 aromatic rings. The van der Waals surface area contributed by atoms with Gasteiger partial charge in [0.1, 0.15) is 15.7 Å². The Hall–Kier alpha value is -3.51. The summed E-state index contributed by atoms with van der Waals surface area (Å²) < 4.78 is 1.85. The number of rotatable bonds is 4. The molecule has 0 radical (unpaired) electrons. The van der Waals surface area contributed by atoms with Crippen molar-refractivity contribution >= 4 is 38.5 Å². The first-order valence-electron chi connectivity index (χ1n) is 9.35. The zero-order chi connectivity index (χ0) is 19.8. The van der Waals surface area contributed by atoms with E-state index in [0.29, 0.717) is 6.42 Å². The molecule has 0 saturated carbocycles. The van der Waals surface area contributed by atoms with Crippen LogP contribution in [-0.2, 0) is 11.2 Å². The highest BCUT2D eigenvalue weighted by Crippen LogP contribution is 2.27. The van der Waals surface area contributed by atoms with E-state index in [-0.39, 0.29) is 5.91 Å². The third-order valence-electron chi connectivity index (χ3n) is 4.92. The summed E-state index contributed by atoms with van der Waals surface area (Å²) in [6.45, 7) is 1.94. The Bertz CT molecular complexity index is 1330. The molecule has 29 heavy (non-hydrogen) atoms. The number of carbonyl (C=O) groups is 1. The van der Waals surface area contributed by atoms with E-state index >= 15 is 0 Å². The Morgan fingerprint density at radius 2 is 1.83 bits per heavy atom. The summed E-state index contributed by atoms with van der Waals surface area (Å²) >= 11 is 1.60. The summed E-state index contributed by atoms with van der Waals surface area (Å²) in [5.41, 5.74) is 2.82. The maximum atomic E-state index is 12.6. The predicted octanol–water partition coefficient (Wildman–Crippen LogP) is 5.10. The second kappa shape index (κ2) is 7.14. The summed E-state index contributed by atoms with van der Waals surface area (Å²) in [5, 5.41) is 10.8. The van der Waals surface area contributed by atoms with Crippen LogP contribution >= 0.6 is 11.3 Å². The molecule has 3 aromatic carbocycles. The molecule has 0 aliphatic carbocycles. The molecule has 0 aliphatic heterocycles. The van der Waals surface area contributed by atoms with Crippen molar-refractivity contribution in [2.45, 2.75) is 13.3 Å². The number of aryl methyl sites for hydroxylation is 1. The van der Waals surface area contributed by atoms with E-state index in [2.05, 4.69) is 33.6 Å². The highest BCUT2D eigenvalue weighted by atomic mass is 32.1. The molecule has 0 atom stereocenters. The Morgan fingerprint density at radius 3 is 2.66 bits per heavy atom. The topological polar surface area (TPSA) is 59.3 Å². The summed E-state index contributed by atoms with van der Waals surface area (Å²) in [5.74, 6) is 0.846. The number of amides is 1. The van der Waals surface area contributed by atoms with Crippen molar-refractivity contribution in [2.75, 3.05) is 5.32 Å². The summed E-state index contributed by atoms with van der Waals surface area (Å²) in [6.07, 6.45) is 2.17. The number of fused-ring (bicyclic) bond motifs is 2. The van der Waals surface area contributed by atoms with Gasteiger partial charge in [0.15, 0.2) is 0 Å². The van der Waals surface area contributed by atoms with E-state index in [1.54, 1.807) is 11.3 Å². The smallest absolute Gasteiger partial charge is 0.228 e. The highest BCUT2D eigenvalue weighted by molar-refractivity contribution is 7.20. The minimum Gasteiger partial charge on any atom is -0.326 e. The number of hydrogen-bond acceptors (Lipinski definition) is 4. The molecule has 0 aliphatic rings. The van der Waals surface area contributed by atoms with E-state index in [4.69, 9.17) is 0 Å². The average molecular weight is 398 g/mol. The number of aromatic nitrogens is 3. The molecule has 142 valence electrons. The number of hydrogen-bond donors (Lipinski definition) is 1. The van der Waals surface area contributed by atoms with Crippen molar-refractivity contribution in [3.05, 3.63) is 84.3 Å². The minimum absolute atomic E-state index is 0.0284. The fraction of sp³-hybridized carbons (Fsp3) is 0.0870. The number of nitrogens with zero attached hydrogens (tertiary/aromatic N) is 3. The lowest BCUT2D eigenvalue weighted by molar-refractivity contribution is -0.115. The molecular weight excluding hydrogens is 380 g/mol. The lowest BCUT2D eigenvalue weighted by atomic mass is 10.0. The molecule has 5 rings (SSSR count). The van der Waals surface area contributed by atoms with Crippen LogP contribution in [0.25, 0.3) is 26.2 Å². The lowest BCUT2D eigenvalue weighted by Crippen LogP contribution is -2.14. The van der Waals surface area contributed by atoms with Crippen molar-refractivity contribution in [3.8, 4) is 10.6 Å². The zero-order valence-corrected chi connectivity index (χ0v) is 16.6. The minimum atomic E-state index is -0.0284. The third kappa shape index (κ3) is 3.39. The Labute approximate surface area is 171 Å². The van der Waals surface area contributed by atoms with Crippen LogP contribution in [0.2, 0.25) is 0 Å². The van der Waals surface area contributed by atoms with Gasteiger partial charge in [-0.05, 0) is 47.5 Å². The normalized spacial score (nSPS) is 11.2. The van der Waals surface area contributed by atoms with Gasteiger partial charge in [-0.1, -0.05) is 53.8 Å². The van der Waals surface area contributed by atoms with Gasteiger partial charge in [-0.3, -0.25) is 4.79 Å². The summed E-state index contributed by atoms with van der Waals surface area (Å²) in [4.78, 5) is 17.8. The molecule has 0 spiro atoms. The molecule has 1 N–H and O–H groups in total. The number of imidazole rings is 1. The van der Waals surface area contributed by atoms with Crippen LogP contribution in [0.3, 0.4) is 0 Å². The van der Waals surface area contributed by atoms with Crippen molar-refractivity contribution in [1.29, 1.82) is 0 Å². The van der Waals surface area contributed by atoms with Crippen LogP contribution in [0.5, 0.6) is 0 Å². The van der Waals surface area contributed by atoms with Crippen LogP contribution in [0.1, 0.15) is 11.4 Å². The van der Waals surface area contributed by atoms with Gasteiger partial charge >= 0.3 is 0 Å². The summed E-state index contributed by atoms with van der Waals surface area (Å²) in [7, 11) is 0. The maximum absolute atomic E-state index is 12.6. The number of carbonyl (C=O) groups excluding carboxylic acids is 1. The third-order valence-corrected chi connectivity index (χ3v) is 5.91. The quantitative estimate of drug-likeness (QED) is 0.458. The van der Waals surface area contributed by atoms with E-state index in [9.17, 15) is 4.79 Å².